The van der Waals surface area contributed by atoms with E-state index in [1.165, 1.54) is 36.3 Å². The van der Waals surface area contributed by atoms with Crippen LogP contribution < -0.4 is 0 Å². The van der Waals surface area contributed by atoms with Crippen molar-refractivity contribution in [2.75, 3.05) is 0 Å². The van der Waals surface area contributed by atoms with E-state index in [-0.39, 0.29) is 0 Å². The van der Waals surface area contributed by atoms with Crippen LogP contribution >= 0.6 is 11.3 Å². The zero-order valence-corrected chi connectivity index (χ0v) is 20.7. The Hall–Kier alpha value is -4.60. The third-order valence-corrected chi connectivity index (χ3v) is 8.46. The van der Waals surface area contributed by atoms with E-state index in [9.17, 15) is 0 Å². The minimum atomic E-state index is 0.910. The van der Waals surface area contributed by atoms with Crippen LogP contribution in [0.15, 0.2) is 121 Å². The van der Waals surface area contributed by atoms with Crippen LogP contribution in [0.3, 0.4) is 0 Å². The van der Waals surface area contributed by atoms with Crippen LogP contribution in [-0.2, 0) is 0 Å². The summed E-state index contributed by atoms with van der Waals surface area (Å²) in [6, 6.07) is 42.9. The summed E-state index contributed by atoms with van der Waals surface area (Å²) in [5.74, 6) is 0. The number of nitrogens with zero attached hydrogens (tertiary/aromatic N) is 2. The van der Waals surface area contributed by atoms with Gasteiger partial charge in [-0.1, -0.05) is 103 Å². The van der Waals surface area contributed by atoms with Gasteiger partial charge >= 0.3 is 0 Å². The molecule has 6 aromatic carbocycles. The molecule has 3 heteroatoms. The molecular weight excluding hydrogens is 468 g/mol. The standard InChI is InChI=1S/C34H20N2S/c1-2-9-23(10-3-1)31-32(35-29-19-17-21-8-4-5-11-25(21)33(29)36-31)24-15-14-22-16-18-27-26-12-6-7-13-30(26)37-34(27)28(22)20-24/h1-20H. The summed E-state index contributed by atoms with van der Waals surface area (Å²) in [7, 11) is 0. The molecule has 0 saturated heterocycles. The van der Waals surface area contributed by atoms with E-state index in [1.807, 2.05) is 17.4 Å². The van der Waals surface area contributed by atoms with Crippen LogP contribution in [-0.4, -0.2) is 9.97 Å². The van der Waals surface area contributed by atoms with Crippen LogP contribution in [0.5, 0.6) is 0 Å². The van der Waals surface area contributed by atoms with E-state index in [0.717, 1.165) is 38.9 Å². The molecule has 0 unspecified atom stereocenters. The molecule has 37 heavy (non-hydrogen) atoms. The smallest absolute Gasteiger partial charge is 0.0973 e. The maximum Gasteiger partial charge on any atom is 0.0973 e. The lowest BCUT2D eigenvalue weighted by Crippen LogP contribution is -1.96. The third kappa shape index (κ3) is 3.18. The Balaban J connectivity index is 1.45. The van der Waals surface area contributed by atoms with Gasteiger partial charge < -0.3 is 0 Å². The van der Waals surface area contributed by atoms with Gasteiger partial charge in [0.1, 0.15) is 0 Å². The van der Waals surface area contributed by atoms with E-state index >= 15 is 0 Å². The molecule has 0 aliphatic heterocycles. The minimum Gasteiger partial charge on any atom is -0.244 e. The average Bonchev–Trinajstić information content (AvgIpc) is 3.36. The molecule has 0 atom stereocenters. The number of hydrogen-bond donors (Lipinski definition) is 0. The fourth-order valence-electron chi connectivity index (χ4n) is 5.44. The van der Waals surface area contributed by atoms with Crippen molar-refractivity contribution in [3.8, 4) is 22.5 Å². The highest BCUT2D eigenvalue weighted by Crippen LogP contribution is 2.40. The quantitative estimate of drug-likeness (QED) is 0.226. The Morgan fingerprint density at radius 2 is 1.16 bits per heavy atom. The van der Waals surface area contributed by atoms with E-state index in [4.69, 9.17) is 9.97 Å². The average molecular weight is 489 g/mol. The number of fused-ring (bicyclic) bond motifs is 8. The first-order valence-corrected chi connectivity index (χ1v) is 13.2. The number of aromatic nitrogens is 2. The predicted octanol–water partition coefficient (Wildman–Crippen LogP) is 9.64. The van der Waals surface area contributed by atoms with Crippen LogP contribution in [0.1, 0.15) is 0 Å². The second-order valence-corrected chi connectivity index (χ2v) is 10.5. The monoisotopic (exact) mass is 488 g/mol. The van der Waals surface area contributed by atoms with Crippen molar-refractivity contribution in [3.05, 3.63) is 121 Å². The molecule has 0 amide bonds. The highest BCUT2D eigenvalue weighted by Gasteiger charge is 2.16. The molecule has 172 valence electrons. The molecule has 0 saturated carbocycles. The molecular formula is C34H20N2S. The number of benzene rings is 6. The zero-order chi connectivity index (χ0) is 24.3. The summed E-state index contributed by atoms with van der Waals surface area (Å²) in [6.45, 7) is 0. The fraction of sp³-hybridized carbons (Fsp3) is 0. The molecule has 8 aromatic rings. The lowest BCUT2D eigenvalue weighted by molar-refractivity contribution is 1.30. The third-order valence-electron chi connectivity index (χ3n) is 7.24. The Morgan fingerprint density at radius 1 is 0.459 bits per heavy atom. The molecule has 2 nitrogen and oxygen atoms in total. The maximum atomic E-state index is 5.27. The van der Waals surface area contributed by atoms with Gasteiger partial charge in [-0.15, -0.1) is 11.3 Å². The van der Waals surface area contributed by atoms with E-state index in [1.54, 1.807) is 0 Å². The molecule has 2 heterocycles. The molecule has 0 aliphatic rings. The minimum absolute atomic E-state index is 0.910. The highest BCUT2D eigenvalue weighted by atomic mass is 32.1. The van der Waals surface area contributed by atoms with Gasteiger partial charge in [-0.05, 0) is 29.0 Å². The van der Waals surface area contributed by atoms with Crippen LogP contribution in [0.25, 0.3) is 75.3 Å². The van der Waals surface area contributed by atoms with Crippen LogP contribution in [0.2, 0.25) is 0 Å². The van der Waals surface area contributed by atoms with Crippen molar-refractivity contribution in [2.24, 2.45) is 0 Å². The van der Waals surface area contributed by atoms with Crippen LogP contribution in [0, 0.1) is 0 Å². The fourth-order valence-corrected chi connectivity index (χ4v) is 6.67. The molecule has 8 rings (SSSR count). The van der Waals surface area contributed by atoms with Crippen molar-refractivity contribution in [1.29, 1.82) is 0 Å². The predicted molar refractivity (Wildman–Crippen MR) is 158 cm³/mol. The van der Waals surface area contributed by atoms with Gasteiger partial charge in [-0.2, -0.15) is 0 Å². The lowest BCUT2D eigenvalue weighted by Gasteiger charge is -2.13. The summed E-state index contributed by atoms with van der Waals surface area (Å²) in [6.07, 6.45) is 0. The Labute approximate surface area is 217 Å². The lowest BCUT2D eigenvalue weighted by atomic mass is 9.99. The van der Waals surface area contributed by atoms with Gasteiger partial charge in [0, 0.05) is 42.1 Å². The summed E-state index contributed by atoms with van der Waals surface area (Å²) >= 11 is 1.86. The second-order valence-electron chi connectivity index (χ2n) is 9.42. The Morgan fingerprint density at radius 3 is 2.08 bits per heavy atom. The van der Waals surface area contributed by atoms with Gasteiger partial charge in [0.2, 0.25) is 0 Å². The van der Waals surface area contributed by atoms with Crippen LogP contribution in [0.4, 0.5) is 0 Å². The van der Waals surface area contributed by atoms with E-state index in [0.29, 0.717) is 0 Å². The largest absolute Gasteiger partial charge is 0.244 e. The molecule has 0 aliphatic carbocycles. The molecule has 0 radical (unpaired) electrons. The topological polar surface area (TPSA) is 25.8 Å². The summed E-state index contributed by atoms with van der Waals surface area (Å²) < 4.78 is 2.64. The van der Waals surface area contributed by atoms with Crippen molar-refractivity contribution in [1.82, 2.24) is 9.97 Å². The number of thiophene rings is 1. The first kappa shape index (κ1) is 20.6. The zero-order valence-electron chi connectivity index (χ0n) is 19.8. The van der Waals surface area contributed by atoms with Gasteiger partial charge in [0.25, 0.3) is 0 Å². The second kappa shape index (κ2) is 7.95. The Kier molecular flexibility index (Phi) is 4.42. The van der Waals surface area contributed by atoms with E-state index < -0.39 is 0 Å². The SMILES string of the molecule is c1ccc(-c2nc3c(ccc4ccccc43)nc2-c2ccc3ccc4c5ccccc5sc4c3c2)cc1. The van der Waals surface area contributed by atoms with Crippen molar-refractivity contribution >= 4 is 64.1 Å². The van der Waals surface area contributed by atoms with Gasteiger partial charge in [0.15, 0.2) is 0 Å². The normalized spacial score (nSPS) is 11.8. The molecule has 2 aromatic heterocycles. The van der Waals surface area contributed by atoms with Crippen molar-refractivity contribution in [3.63, 3.8) is 0 Å². The first-order valence-electron chi connectivity index (χ1n) is 12.4. The van der Waals surface area contributed by atoms with Crippen molar-refractivity contribution < 1.29 is 0 Å². The highest BCUT2D eigenvalue weighted by molar-refractivity contribution is 7.26. The molecule has 0 fully saturated rings. The maximum absolute atomic E-state index is 5.27. The summed E-state index contributed by atoms with van der Waals surface area (Å²) in [5.41, 5.74) is 5.82. The first-order chi connectivity index (χ1) is 18.3. The van der Waals surface area contributed by atoms with Gasteiger partial charge in [-0.3, -0.25) is 0 Å². The number of hydrogen-bond acceptors (Lipinski definition) is 3. The molecule has 0 bridgehead atoms. The van der Waals surface area contributed by atoms with Gasteiger partial charge in [-0.25, -0.2) is 9.97 Å². The van der Waals surface area contributed by atoms with E-state index in [2.05, 4.69) is 115 Å². The Bertz CT molecular complexity index is 2140. The summed E-state index contributed by atoms with van der Waals surface area (Å²) in [4.78, 5) is 10.5. The molecule has 0 N–H and O–H groups in total. The number of rotatable bonds is 2. The van der Waals surface area contributed by atoms with Crippen molar-refractivity contribution in [2.45, 2.75) is 0 Å². The summed E-state index contributed by atoms with van der Waals surface area (Å²) in [5, 5.41) is 7.43. The van der Waals surface area contributed by atoms with Gasteiger partial charge in [0.05, 0.1) is 22.4 Å². The molecule has 0 spiro atoms.